The number of nitrogens with zero attached hydrogens (tertiary/aromatic N) is 4. The molecule has 0 saturated heterocycles. The lowest BCUT2D eigenvalue weighted by Gasteiger charge is -1.76. The van der Waals surface area contributed by atoms with Gasteiger partial charge >= 0.3 is 11.9 Å². The molecular formula is C8H12N6O5. The van der Waals surface area contributed by atoms with E-state index in [0.717, 1.165) is 0 Å². The van der Waals surface area contributed by atoms with Crippen LogP contribution in [-0.2, 0) is 0 Å². The minimum atomic E-state index is -1.11. The van der Waals surface area contributed by atoms with E-state index >= 15 is 0 Å². The molecular weight excluding hydrogens is 260 g/mol. The fraction of sp³-hybridized carbons (Fsp3) is 0.250. The number of hydrogen-bond acceptors (Lipinski definition) is 6. The van der Waals surface area contributed by atoms with Crippen LogP contribution in [0.25, 0.3) is 0 Å². The molecule has 6 N–H and O–H groups in total. The first-order chi connectivity index (χ1) is 8.40. The number of carbonyl (C=O) groups is 2. The first kappa shape index (κ1) is 16.2. The Bertz CT molecular complexity index is 511. The maximum absolute atomic E-state index is 10.1. The van der Waals surface area contributed by atoms with Gasteiger partial charge in [0.1, 0.15) is 11.6 Å². The Hall–Kier alpha value is -2.82. The van der Waals surface area contributed by atoms with Gasteiger partial charge in [-0.25, -0.2) is 19.6 Å². The van der Waals surface area contributed by atoms with Crippen LogP contribution in [0.4, 0.5) is 0 Å². The van der Waals surface area contributed by atoms with Gasteiger partial charge in [0.15, 0.2) is 0 Å². The quantitative estimate of drug-likeness (QED) is 0.523. The van der Waals surface area contributed by atoms with Crippen LogP contribution in [0.2, 0.25) is 0 Å². The zero-order valence-corrected chi connectivity index (χ0v) is 10.00. The molecule has 0 atom stereocenters. The number of carboxylic acids is 2. The normalized spacial score (nSPS) is 8.95. The van der Waals surface area contributed by atoms with Crippen LogP contribution in [0.3, 0.4) is 0 Å². The molecule has 0 unspecified atom stereocenters. The third-order valence-electron chi connectivity index (χ3n) is 1.58. The Morgan fingerprint density at radius 2 is 1.21 bits per heavy atom. The molecule has 0 amide bonds. The van der Waals surface area contributed by atoms with Crippen molar-refractivity contribution in [3.05, 3.63) is 23.3 Å². The van der Waals surface area contributed by atoms with E-state index in [4.69, 9.17) is 10.2 Å². The van der Waals surface area contributed by atoms with E-state index in [1.807, 2.05) is 0 Å². The van der Waals surface area contributed by atoms with Gasteiger partial charge in [-0.05, 0) is 13.8 Å². The maximum Gasteiger partial charge on any atom is 0.375 e. The first-order valence-electron chi connectivity index (χ1n) is 4.64. The summed E-state index contributed by atoms with van der Waals surface area (Å²) in [7, 11) is 0. The number of carboxylic acid groups (broad SMARTS) is 2. The molecule has 0 bridgehead atoms. The zero-order valence-electron chi connectivity index (χ0n) is 10.00. The summed E-state index contributed by atoms with van der Waals surface area (Å²) in [6.45, 7) is 3.28. The number of H-pyrrole nitrogens is 2. The topological polar surface area (TPSA) is 189 Å². The van der Waals surface area contributed by atoms with Gasteiger partial charge in [-0.15, -0.1) is 10.2 Å². The van der Waals surface area contributed by atoms with Crippen molar-refractivity contribution >= 4 is 11.9 Å². The molecule has 0 fully saturated rings. The summed E-state index contributed by atoms with van der Waals surface area (Å²) in [5, 5.41) is 28.1. The summed E-state index contributed by atoms with van der Waals surface area (Å²) >= 11 is 0. The largest absolute Gasteiger partial charge is 0.475 e. The highest BCUT2D eigenvalue weighted by molar-refractivity contribution is 5.83. The van der Waals surface area contributed by atoms with Crippen molar-refractivity contribution < 1.29 is 25.3 Å². The highest BCUT2D eigenvalue weighted by Gasteiger charge is 2.07. The van der Waals surface area contributed by atoms with Gasteiger partial charge in [0, 0.05) is 0 Å². The molecule has 2 aromatic rings. The molecule has 19 heavy (non-hydrogen) atoms. The predicted octanol–water partition coefficient (Wildman–Crippen LogP) is -1.20. The van der Waals surface area contributed by atoms with Crippen LogP contribution in [0, 0.1) is 13.8 Å². The second-order valence-corrected chi connectivity index (χ2v) is 3.10. The SMILES string of the molecule is Cc1nc(C(=O)O)n[nH]1.Cc1nc(C(=O)O)n[nH]1.O. The van der Waals surface area contributed by atoms with Crippen molar-refractivity contribution in [3.63, 3.8) is 0 Å². The number of hydrogen-bond donors (Lipinski definition) is 4. The summed E-state index contributed by atoms with van der Waals surface area (Å²) in [6, 6.07) is 0. The Labute approximate surface area is 106 Å². The summed E-state index contributed by atoms with van der Waals surface area (Å²) < 4.78 is 0. The Morgan fingerprint density at radius 1 is 0.895 bits per heavy atom. The van der Waals surface area contributed by atoms with Crippen molar-refractivity contribution in [1.29, 1.82) is 0 Å². The van der Waals surface area contributed by atoms with E-state index < -0.39 is 11.9 Å². The Morgan fingerprint density at radius 3 is 1.32 bits per heavy atom. The summed E-state index contributed by atoms with van der Waals surface area (Å²) in [6.07, 6.45) is 0. The Kier molecular flexibility index (Phi) is 5.79. The van der Waals surface area contributed by atoms with E-state index in [1.165, 1.54) is 0 Å². The van der Waals surface area contributed by atoms with Gasteiger partial charge in [-0.1, -0.05) is 0 Å². The third kappa shape index (κ3) is 4.91. The molecule has 0 aromatic carbocycles. The average Bonchev–Trinajstić information content (AvgIpc) is 2.88. The number of aromatic nitrogens is 6. The van der Waals surface area contributed by atoms with Gasteiger partial charge in [0.25, 0.3) is 11.6 Å². The molecule has 11 nitrogen and oxygen atoms in total. The van der Waals surface area contributed by atoms with Gasteiger partial charge in [0.2, 0.25) is 0 Å². The van der Waals surface area contributed by atoms with Gasteiger partial charge in [-0.2, -0.15) is 0 Å². The second kappa shape index (κ2) is 6.80. The van der Waals surface area contributed by atoms with Gasteiger partial charge in [0.05, 0.1) is 0 Å². The first-order valence-corrected chi connectivity index (χ1v) is 4.64. The highest BCUT2D eigenvalue weighted by Crippen LogP contribution is 1.88. The van der Waals surface area contributed by atoms with Crippen LogP contribution in [0.15, 0.2) is 0 Å². The highest BCUT2D eigenvalue weighted by atomic mass is 16.4. The van der Waals surface area contributed by atoms with Crippen LogP contribution in [-0.4, -0.2) is 58.0 Å². The summed E-state index contributed by atoms with van der Waals surface area (Å²) in [5.74, 6) is -1.58. The van der Waals surface area contributed by atoms with Crippen molar-refractivity contribution in [2.24, 2.45) is 0 Å². The fourth-order valence-corrected chi connectivity index (χ4v) is 0.877. The zero-order chi connectivity index (χ0) is 13.7. The number of aromatic carboxylic acids is 2. The molecule has 0 radical (unpaired) electrons. The van der Waals surface area contributed by atoms with Crippen molar-refractivity contribution in [2.75, 3.05) is 0 Å². The molecule has 2 rings (SSSR count). The second-order valence-electron chi connectivity index (χ2n) is 3.10. The minimum absolute atomic E-state index is 0. The molecule has 0 saturated carbocycles. The minimum Gasteiger partial charge on any atom is -0.475 e. The fourth-order valence-electron chi connectivity index (χ4n) is 0.877. The van der Waals surface area contributed by atoms with Crippen LogP contribution in [0.1, 0.15) is 32.9 Å². The van der Waals surface area contributed by atoms with E-state index in [-0.39, 0.29) is 17.1 Å². The molecule has 0 spiro atoms. The molecule has 2 aromatic heterocycles. The standard InChI is InChI=1S/2C4H5N3O2.H2O/c2*1-2-5-3(4(8)9)7-6-2;/h2*1H3,(H,8,9)(H,5,6,7);1H2. The number of aryl methyl sites for hydroxylation is 2. The molecule has 0 aliphatic heterocycles. The molecule has 11 heteroatoms. The summed E-state index contributed by atoms with van der Waals surface area (Å²) in [5.41, 5.74) is 0. The predicted molar refractivity (Wildman–Crippen MR) is 59.8 cm³/mol. The van der Waals surface area contributed by atoms with Crippen molar-refractivity contribution in [3.8, 4) is 0 Å². The molecule has 0 aliphatic carbocycles. The van der Waals surface area contributed by atoms with Gasteiger partial charge < -0.3 is 15.7 Å². The van der Waals surface area contributed by atoms with Crippen LogP contribution < -0.4 is 0 Å². The summed E-state index contributed by atoms with van der Waals surface area (Å²) in [4.78, 5) is 27.2. The Balaban J connectivity index is 0.000000324. The lowest BCUT2D eigenvalue weighted by atomic mass is 10.6. The third-order valence-corrected chi connectivity index (χ3v) is 1.58. The number of rotatable bonds is 2. The molecule has 2 heterocycles. The van der Waals surface area contributed by atoms with E-state index in [1.54, 1.807) is 13.8 Å². The van der Waals surface area contributed by atoms with E-state index in [0.29, 0.717) is 11.6 Å². The smallest absolute Gasteiger partial charge is 0.375 e. The molecule has 0 aliphatic rings. The lowest BCUT2D eigenvalue weighted by Crippen LogP contribution is -1.98. The lowest BCUT2D eigenvalue weighted by molar-refractivity contribution is 0.0673. The number of nitrogens with one attached hydrogen (secondary N) is 2. The van der Waals surface area contributed by atoms with Crippen LogP contribution in [0.5, 0.6) is 0 Å². The van der Waals surface area contributed by atoms with Crippen molar-refractivity contribution in [1.82, 2.24) is 30.4 Å². The van der Waals surface area contributed by atoms with E-state index in [2.05, 4.69) is 30.4 Å². The number of aromatic amines is 2. The van der Waals surface area contributed by atoms with Gasteiger partial charge in [-0.3, -0.25) is 10.2 Å². The van der Waals surface area contributed by atoms with Crippen LogP contribution >= 0.6 is 0 Å². The molecule has 104 valence electrons. The van der Waals surface area contributed by atoms with Crippen molar-refractivity contribution in [2.45, 2.75) is 13.8 Å². The maximum atomic E-state index is 10.1. The average molecular weight is 272 g/mol. The van der Waals surface area contributed by atoms with E-state index in [9.17, 15) is 9.59 Å². The monoisotopic (exact) mass is 272 g/mol.